The maximum Gasteiger partial charge on any atom is 0.223 e. The van der Waals surface area contributed by atoms with Crippen molar-refractivity contribution in [3.63, 3.8) is 0 Å². The minimum Gasteiger partial charge on any atom is -0.493 e. The van der Waals surface area contributed by atoms with Gasteiger partial charge in [-0.05, 0) is 12.5 Å². The molecule has 0 fully saturated rings. The second kappa shape index (κ2) is 4.21. The lowest BCUT2D eigenvalue weighted by molar-refractivity contribution is -0.117. The first-order valence-corrected chi connectivity index (χ1v) is 6.56. The number of fused-ring (bicyclic) bond motifs is 3. The van der Waals surface area contributed by atoms with Crippen LogP contribution in [0.2, 0.25) is 0 Å². The van der Waals surface area contributed by atoms with Crippen LogP contribution in [0, 0.1) is 0 Å². The van der Waals surface area contributed by atoms with E-state index in [-0.39, 0.29) is 12.5 Å². The SMILES string of the molecule is CC(=O)N1CCC(O)(CN)c2ccc3c(c21)CCO3. The summed E-state index contributed by atoms with van der Waals surface area (Å²) < 4.78 is 5.54. The summed E-state index contributed by atoms with van der Waals surface area (Å²) in [5, 5.41) is 10.7. The number of aliphatic hydroxyl groups is 1. The van der Waals surface area contributed by atoms with Gasteiger partial charge in [-0.2, -0.15) is 0 Å². The third-order valence-corrected chi connectivity index (χ3v) is 4.09. The molecule has 2 aliphatic heterocycles. The molecule has 0 bridgehead atoms. The van der Waals surface area contributed by atoms with Gasteiger partial charge in [0.1, 0.15) is 11.4 Å². The van der Waals surface area contributed by atoms with Crippen LogP contribution in [0.5, 0.6) is 5.75 Å². The molecule has 1 unspecified atom stereocenters. The predicted octanol–water partition coefficient (Wildman–Crippen LogP) is 0.524. The number of hydrogen-bond donors (Lipinski definition) is 2. The molecule has 3 N–H and O–H groups in total. The van der Waals surface area contributed by atoms with Crippen molar-refractivity contribution in [2.75, 3.05) is 24.6 Å². The molecule has 0 radical (unpaired) electrons. The zero-order valence-corrected chi connectivity index (χ0v) is 11.0. The van der Waals surface area contributed by atoms with Gasteiger partial charge in [0.05, 0.1) is 12.3 Å². The van der Waals surface area contributed by atoms with E-state index < -0.39 is 5.60 Å². The van der Waals surface area contributed by atoms with Crippen LogP contribution in [0.1, 0.15) is 24.5 Å². The molecule has 1 atom stereocenters. The van der Waals surface area contributed by atoms with E-state index >= 15 is 0 Å². The summed E-state index contributed by atoms with van der Waals surface area (Å²) in [6.45, 7) is 2.82. The molecule has 0 saturated carbocycles. The fourth-order valence-corrected chi connectivity index (χ4v) is 3.01. The highest BCUT2D eigenvalue weighted by atomic mass is 16.5. The lowest BCUT2D eigenvalue weighted by Crippen LogP contribution is -2.46. The highest BCUT2D eigenvalue weighted by molar-refractivity contribution is 5.95. The summed E-state index contributed by atoms with van der Waals surface area (Å²) in [6, 6.07) is 3.70. The van der Waals surface area contributed by atoms with Crippen molar-refractivity contribution in [1.29, 1.82) is 0 Å². The minimum absolute atomic E-state index is 0.0133. The molecule has 102 valence electrons. The van der Waals surface area contributed by atoms with Crippen LogP contribution < -0.4 is 15.4 Å². The van der Waals surface area contributed by atoms with Gasteiger partial charge in [0.15, 0.2) is 0 Å². The Bertz CT molecular complexity index is 544. The van der Waals surface area contributed by atoms with Crippen LogP contribution in [0.4, 0.5) is 5.69 Å². The van der Waals surface area contributed by atoms with Crippen molar-refractivity contribution in [3.8, 4) is 5.75 Å². The quantitative estimate of drug-likeness (QED) is 0.774. The summed E-state index contributed by atoms with van der Waals surface area (Å²) in [5.41, 5.74) is 7.26. The highest BCUT2D eigenvalue weighted by Gasteiger charge is 2.40. The molecular weight excluding hydrogens is 244 g/mol. The third kappa shape index (κ3) is 1.73. The number of carbonyl (C=O) groups excluding carboxylic acids is 1. The van der Waals surface area contributed by atoms with Gasteiger partial charge < -0.3 is 20.5 Å². The fourth-order valence-electron chi connectivity index (χ4n) is 3.01. The number of amides is 1. The largest absolute Gasteiger partial charge is 0.493 e. The molecule has 1 aromatic rings. The molecule has 0 saturated heterocycles. The van der Waals surface area contributed by atoms with Crippen LogP contribution in [0.25, 0.3) is 0 Å². The molecule has 2 heterocycles. The van der Waals surface area contributed by atoms with Gasteiger partial charge in [-0.1, -0.05) is 6.07 Å². The van der Waals surface area contributed by atoms with E-state index in [1.165, 1.54) is 0 Å². The van der Waals surface area contributed by atoms with Gasteiger partial charge in [0.2, 0.25) is 5.91 Å². The van der Waals surface area contributed by atoms with Crippen molar-refractivity contribution < 1.29 is 14.6 Å². The van der Waals surface area contributed by atoms with Crippen LogP contribution in [-0.2, 0) is 16.8 Å². The average molecular weight is 262 g/mol. The summed E-state index contributed by atoms with van der Waals surface area (Å²) >= 11 is 0. The van der Waals surface area contributed by atoms with Crippen LogP contribution in [0.3, 0.4) is 0 Å². The number of carbonyl (C=O) groups is 1. The van der Waals surface area contributed by atoms with Crippen LogP contribution in [0.15, 0.2) is 12.1 Å². The maximum atomic E-state index is 11.8. The molecule has 2 aliphatic rings. The van der Waals surface area contributed by atoms with Crippen molar-refractivity contribution in [1.82, 2.24) is 0 Å². The standard InChI is InChI=1S/C14H18N2O3/c1-9(17)16-6-5-14(18,8-15)11-2-3-12-10(13(11)16)4-7-19-12/h2-3,18H,4-8,15H2,1H3. The molecule has 5 nitrogen and oxygen atoms in total. The molecule has 3 rings (SSSR count). The average Bonchev–Trinajstić information content (AvgIpc) is 2.87. The summed E-state index contributed by atoms with van der Waals surface area (Å²) in [7, 11) is 0. The summed E-state index contributed by atoms with van der Waals surface area (Å²) in [4.78, 5) is 13.6. The van der Waals surface area contributed by atoms with Crippen molar-refractivity contribution in [2.45, 2.75) is 25.4 Å². The zero-order chi connectivity index (χ0) is 13.6. The van der Waals surface area contributed by atoms with E-state index in [1.54, 1.807) is 11.8 Å². The predicted molar refractivity (Wildman–Crippen MR) is 71.2 cm³/mol. The third-order valence-electron chi connectivity index (χ3n) is 4.09. The van der Waals surface area contributed by atoms with Crippen LogP contribution in [-0.4, -0.2) is 30.7 Å². The lowest BCUT2D eigenvalue weighted by Gasteiger charge is -2.40. The maximum absolute atomic E-state index is 11.8. The zero-order valence-electron chi connectivity index (χ0n) is 11.0. The van der Waals surface area contributed by atoms with Crippen molar-refractivity contribution in [2.24, 2.45) is 5.73 Å². The van der Waals surface area contributed by atoms with Gasteiger partial charge in [0, 0.05) is 37.6 Å². The second-order valence-corrected chi connectivity index (χ2v) is 5.19. The normalized spacial score (nSPS) is 24.7. The molecule has 0 spiro atoms. The van der Waals surface area contributed by atoms with E-state index in [9.17, 15) is 9.90 Å². The molecule has 5 heteroatoms. The fraction of sp³-hybridized carbons (Fsp3) is 0.500. The number of anilines is 1. The molecule has 0 aliphatic carbocycles. The topological polar surface area (TPSA) is 75.8 Å². The molecule has 1 aromatic carbocycles. The summed E-state index contributed by atoms with van der Waals surface area (Å²) in [5.74, 6) is 0.798. The first kappa shape index (κ1) is 12.4. The van der Waals surface area contributed by atoms with Gasteiger partial charge in [-0.25, -0.2) is 0 Å². The first-order chi connectivity index (χ1) is 9.07. The number of nitrogens with two attached hydrogens (primary N) is 1. The van der Waals surface area contributed by atoms with Crippen LogP contribution >= 0.6 is 0 Å². The number of ether oxygens (including phenoxy) is 1. The van der Waals surface area contributed by atoms with E-state index in [4.69, 9.17) is 10.5 Å². The molecule has 0 aromatic heterocycles. The number of benzene rings is 1. The molecular formula is C14H18N2O3. The number of rotatable bonds is 1. The minimum atomic E-state index is -1.04. The number of nitrogens with zero attached hydrogens (tertiary/aromatic N) is 1. The van der Waals surface area contributed by atoms with Gasteiger partial charge in [0.25, 0.3) is 0 Å². The van der Waals surface area contributed by atoms with Crippen molar-refractivity contribution in [3.05, 3.63) is 23.3 Å². The Labute approximate surface area is 112 Å². The van der Waals surface area contributed by atoms with Gasteiger partial charge >= 0.3 is 0 Å². The van der Waals surface area contributed by atoms with E-state index in [2.05, 4.69) is 0 Å². The Morgan fingerprint density at radius 1 is 1.58 bits per heavy atom. The van der Waals surface area contributed by atoms with Gasteiger partial charge in [-0.15, -0.1) is 0 Å². The Kier molecular flexibility index (Phi) is 2.76. The molecule has 19 heavy (non-hydrogen) atoms. The van der Waals surface area contributed by atoms with E-state index in [0.29, 0.717) is 19.6 Å². The smallest absolute Gasteiger partial charge is 0.223 e. The van der Waals surface area contributed by atoms with E-state index in [1.807, 2.05) is 12.1 Å². The second-order valence-electron chi connectivity index (χ2n) is 5.19. The Hall–Kier alpha value is -1.59. The first-order valence-electron chi connectivity index (χ1n) is 6.56. The number of hydrogen-bond acceptors (Lipinski definition) is 4. The summed E-state index contributed by atoms with van der Waals surface area (Å²) in [6.07, 6.45) is 1.23. The monoisotopic (exact) mass is 262 g/mol. The van der Waals surface area contributed by atoms with Gasteiger partial charge in [-0.3, -0.25) is 4.79 Å². The molecule has 1 amide bonds. The van der Waals surface area contributed by atoms with E-state index in [0.717, 1.165) is 29.0 Å². The van der Waals surface area contributed by atoms with Crippen molar-refractivity contribution >= 4 is 11.6 Å². The Balaban J connectivity index is 2.23. The Morgan fingerprint density at radius 3 is 3.05 bits per heavy atom. The highest BCUT2D eigenvalue weighted by Crippen LogP contribution is 2.45. The Morgan fingerprint density at radius 2 is 2.37 bits per heavy atom. The lowest BCUT2D eigenvalue weighted by atomic mass is 9.83.